The molecule has 23 heavy (non-hydrogen) atoms. The van der Waals surface area contributed by atoms with Crippen LogP contribution in [0.4, 0.5) is 0 Å². The quantitative estimate of drug-likeness (QED) is 0.803. The monoisotopic (exact) mass is 327 g/mol. The molecule has 0 aliphatic heterocycles. The number of nitrogens with one attached hydrogen (secondary N) is 1. The minimum atomic E-state index is -0.242. The number of carbonyl (C=O) groups is 2. The molecule has 0 unspecified atom stereocenters. The molecule has 1 aromatic carbocycles. The van der Waals surface area contributed by atoms with Crippen molar-refractivity contribution in [3.63, 3.8) is 0 Å². The number of nitrogens with zero attached hydrogens (tertiary/aromatic N) is 2. The van der Waals surface area contributed by atoms with Crippen LogP contribution in [0.2, 0.25) is 5.02 Å². The summed E-state index contributed by atoms with van der Waals surface area (Å²) >= 11 is 5.99. The van der Waals surface area contributed by atoms with Crippen LogP contribution in [0.25, 0.3) is 10.9 Å². The van der Waals surface area contributed by atoms with Gasteiger partial charge in [-0.25, -0.2) is 0 Å². The van der Waals surface area contributed by atoms with E-state index in [4.69, 9.17) is 11.6 Å². The summed E-state index contributed by atoms with van der Waals surface area (Å²) in [5, 5.41) is 4.06. The Morgan fingerprint density at radius 2 is 1.96 bits per heavy atom. The molecule has 116 valence electrons. The van der Waals surface area contributed by atoms with E-state index < -0.39 is 0 Å². The standard InChI is InChI=1S/C17H14ClN3O2/c1-11(22)21-10-15(14-3-2-13(18)8-16(14)21)17(23)20-9-12-4-6-19-7-5-12/h2-8,10H,9H2,1H3,(H,20,23). The van der Waals surface area contributed by atoms with Gasteiger partial charge in [0.15, 0.2) is 0 Å². The minimum Gasteiger partial charge on any atom is -0.348 e. The average molecular weight is 328 g/mol. The van der Waals surface area contributed by atoms with Gasteiger partial charge in [0.05, 0.1) is 11.1 Å². The highest BCUT2D eigenvalue weighted by Crippen LogP contribution is 2.25. The number of halogens is 1. The molecule has 0 spiro atoms. The first-order valence-electron chi connectivity index (χ1n) is 7.05. The van der Waals surface area contributed by atoms with Gasteiger partial charge in [0.25, 0.3) is 5.91 Å². The Morgan fingerprint density at radius 3 is 2.65 bits per heavy atom. The van der Waals surface area contributed by atoms with E-state index in [2.05, 4.69) is 10.3 Å². The van der Waals surface area contributed by atoms with Crippen molar-refractivity contribution in [2.45, 2.75) is 13.5 Å². The first-order chi connectivity index (χ1) is 11.1. The predicted octanol–water partition coefficient (Wildman–Crippen LogP) is 3.28. The van der Waals surface area contributed by atoms with Crippen molar-refractivity contribution in [3.05, 3.63) is 65.1 Å². The van der Waals surface area contributed by atoms with Gasteiger partial charge in [0.2, 0.25) is 5.91 Å². The van der Waals surface area contributed by atoms with Crippen molar-refractivity contribution in [3.8, 4) is 0 Å². The number of fused-ring (bicyclic) bond motifs is 1. The van der Waals surface area contributed by atoms with Gasteiger partial charge in [-0.1, -0.05) is 17.7 Å². The first kappa shape index (κ1) is 15.2. The maximum Gasteiger partial charge on any atom is 0.253 e. The molecule has 0 radical (unpaired) electrons. The SMILES string of the molecule is CC(=O)n1cc(C(=O)NCc2ccncc2)c2ccc(Cl)cc21. The van der Waals surface area contributed by atoms with Gasteiger partial charge in [-0.05, 0) is 29.8 Å². The molecule has 0 aliphatic carbocycles. The highest BCUT2D eigenvalue weighted by atomic mass is 35.5. The number of hydrogen-bond donors (Lipinski definition) is 1. The van der Waals surface area contributed by atoms with E-state index in [1.807, 2.05) is 12.1 Å². The summed E-state index contributed by atoms with van der Waals surface area (Å²) in [4.78, 5) is 28.2. The zero-order valence-corrected chi connectivity index (χ0v) is 13.2. The molecular weight excluding hydrogens is 314 g/mol. The molecule has 1 amide bonds. The minimum absolute atomic E-state index is 0.176. The van der Waals surface area contributed by atoms with Crippen molar-refractivity contribution in [1.82, 2.24) is 14.9 Å². The van der Waals surface area contributed by atoms with Crippen LogP contribution in [0.1, 0.15) is 27.6 Å². The lowest BCUT2D eigenvalue weighted by Crippen LogP contribution is -2.22. The zero-order chi connectivity index (χ0) is 16.4. The summed E-state index contributed by atoms with van der Waals surface area (Å²) in [7, 11) is 0. The summed E-state index contributed by atoms with van der Waals surface area (Å²) in [5.41, 5.74) is 2.02. The van der Waals surface area contributed by atoms with E-state index in [1.165, 1.54) is 11.5 Å². The molecule has 0 fully saturated rings. The molecule has 5 nitrogen and oxygen atoms in total. The predicted molar refractivity (Wildman–Crippen MR) is 88.7 cm³/mol. The van der Waals surface area contributed by atoms with E-state index in [0.717, 1.165) is 5.56 Å². The second-order valence-electron chi connectivity index (χ2n) is 5.13. The van der Waals surface area contributed by atoms with Crippen LogP contribution < -0.4 is 5.32 Å². The van der Waals surface area contributed by atoms with Crippen LogP contribution in [0.5, 0.6) is 0 Å². The van der Waals surface area contributed by atoms with Crippen LogP contribution in [-0.2, 0) is 6.54 Å². The topological polar surface area (TPSA) is 64.0 Å². The van der Waals surface area contributed by atoms with Gasteiger partial charge in [-0.3, -0.25) is 19.1 Å². The Balaban J connectivity index is 1.93. The Morgan fingerprint density at radius 1 is 1.22 bits per heavy atom. The zero-order valence-electron chi connectivity index (χ0n) is 12.4. The smallest absolute Gasteiger partial charge is 0.253 e. The molecule has 0 bridgehead atoms. The maximum atomic E-state index is 12.5. The summed E-state index contributed by atoms with van der Waals surface area (Å²) in [5.74, 6) is -0.417. The Hall–Kier alpha value is -2.66. The number of aromatic nitrogens is 2. The lowest BCUT2D eigenvalue weighted by Gasteiger charge is -2.04. The van der Waals surface area contributed by atoms with Crippen molar-refractivity contribution >= 4 is 34.3 Å². The molecule has 0 saturated heterocycles. The third-order valence-corrected chi connectivity index (χ3v) is 3.79. The molecule has 2 aromatic heterocycles. The Bertz CT molecular complexity index is 887. The Kier molecular flexibility index (Phi) is 4.12. The van der Waals surface area contributed by atoms with E-state index in [9.17, 15) is 9.59 Å². The fourth-order valence-electron chi connectivity index (χ4n) is 2.42. The summed E-state index contributed by atoms with van der Waals surface area (Å²) < 4.78 is 1.43. The molecule has 2 heterocycles. The second kappa shape index (κ2) is 6.22. The van der Waals surface area contributed by atoms with Gasteiger partial charge in [0.1, 0.15) is 0 Å². The van der Waals surface area contributed by atoms with Crippen molar-refractivity contribution in [2.75, 3.05) is 0 Å². The van der Waals surface area contributed by atoms with Crippen LogP contribution >= 0.6 is 11.6 Å². The van der Waals surface area contributed by atoms with Crippen LogP contribution in [0.15, 0.2) is 48.9 Å². The fraction of sp³-hybridized carbons (Fsp3) is 0.118. The highest BCUT2D eigenvalue weighted by Gasteiger charge is 2.17. The average Bonchev–Trinajstić information content (AvgIpc) is 2.92. The van der Waals surface area contributed by atoms with Gasteiger partial charge in [-0.2, -0.15) is 0 Å². The van der Waals surface area contributed by atoms with E-state index in [-0.39, 0.29) is 11.8 Å². The third kappa shape index (κ3) is 3.10. The van der Waals surface area contributed by atoms with Gasteiger partial charge < -0.3 is 5.32 Å². The van der Waals surface area contributed by atoms with Crippen LogP contribution in [-0.4, -0.2) is 21.4 Å². The van der Waals surface area contributed by atoms with Gasteiger partial charge in [-0.15, -0.1) is 0 Å². The lowest BCUT2D eigenvalue weighted by atomic mass is 10.1. The largest absolute Gasteiger partial charge is 0.348 e. The number of amides is 1. The molecule has 3 aromatic rings. The molecule has 1 N–H and O–H groups in total. The van der Waals surface area contributed by atoms with Gasteiger partial charge >= 0.3 is 0 Å². The number of rotatable bonds is 3. The summed E-state index contributed by atoms with van der Waals surface area (Å²) in [6.45, 7) is 1.83. The first-order valence-corrected chi connectivity index (χ1v) is 7.42. The van der Waals surface area contributed by atoms with E-state index in [0.29, 0.717) is 28.0 Å². The molecule has 6 heteroatoms. The number of carbonyl (C=O) groups excluding carboxylic acids is 2. The van der Waals surface area contributed by atoms with Crippen LogP contribution in [0, 0.1) is 0 Å². The normalized spacial score (nSPS) is 10.7. The van der Waals surface area contributed by atoms with Crippen molar-refractivity contribution in [1.29, 1.82) is 0 Å². The second-order valence-corrected chi connectivity index (χ2v) is 5.57. The van der Waals surface area contributed by atoms with Crippen LogP contribution in [0.3, 0.4) is 0 Å². The molecule has 3 rings (SSSR count). The molecule has 0 atom stereocenters. The molecule has 0 saturated carbocycles. The highest BCUT2D eigenvalue weighted by molar-refractivity contribution is 6.31. The molecular formula is C17H14ClN3O2. The van der Waals surface area contributed by atoms with E-state index in [1.54, 1.807) is 36.8 Å². The number of hydrogen-bond acceptors (Lipinski definition) is 3. The van der Waals surface area contributed by atoms with Crippen molar-refractivity contribution < 1.29 is 9.59 Å². The van der Waals surface area contributed by atoms with Crippen molar-refractivity contribution in [2.24, 2.45) is 0 Å². The third-order valence-electron chi connectivity index (χ3n) is 3.55. The molecule has 0 aliphatic rings. The van der Waals surface area contributed by atoms with Gasteiger partial charge in [0, 0.05) is 42.5 Å². The summed E-state index contributed by atoms with van der Waals surface area (Å²) in [6, 6.07) is 8.79. The Labute approximate surface area is 137 Å². The van der Waals surface area contributed by atoms with E-state index >= 15 is 0 Å². The maximum absolute atomic E-state index is 12.5. The lowest BCUT2D eigenvalue weighted by molar-refractivity contribution is 0.0941. The summed E-state index contributed by atoms with van der Waals surface area (Å²) in [6.07, 6.45) is 4.89. The fourth-order valence-corrected chi connectivity index (χ4v) is 2.59. The number of pyridine rings is 1. The number of benzene rings is 1.